The van der Waals surface area contributed by atoms with Crippen molar-refractivity contribution in [2.45, 2.75) is 25.5 Å². The molecule has 3 aromatic rings. The molecule has 6 nitrogen and oxygen atoms in total. The number of piperidine rings is 1. The standard InChI is InChI=1S/C21H23N3O3/c1-25-17-4-6-18(7-5-17)27-19-8-10-24(11-9-19)15-16-13-22-21(23-14-16)20-3-2-12-26-20/h2-7,12-14,19H,8-11,15H2,1H3. The molecule has 0 spiro atoms. The van der Waals surface area contributed by atoms with Gasteiger partial charge in [-0.25, -0.2) is 9.97 Å². The fourth-order valence-corrected chi connectivity index (χ4v) is 3.26. The Morgan fingerprint density at radius 3 is 2.37 bits per heavy atom. The number of rotatable bonds is 6. The van der Waals surface area contributed by atoms with Gasteiger partial charge in [0.1, 0.15) is 17.6 Å². The van der Waals surface area contributed by atoms with E-state index in [1.54, 1.807) is 13.4 Å². The Morgan fingerprint density at radius 1 is 1.04 bits per heavy atom. The first-order chi connectivity index (χ1) is 13.3. The van der Waals surface area contributed by atoms with Gasteiger partial charge in [0.05, 0.1) is 13.4 Å². The zero-order valence-electron chi connectivity index (χ0n) is 15.4. The van der Waals surface area contributed by atoms with Crippen LogP contribution in [0.2, 0.25) is 0 Å². The van der Waals surface area contributed by atoms with Crippen LogP contribution in [0.15, 0.2) is 59.5 Å². The maximum absolute atomic E-state index is 6.09. The van der Waals surface area contributed by atoms with Gasteiger partial charge >= 0.3 is 0 Å². The lowest BCUT2D eigenvalue weighted by Gasteiger charge is -2.32. The summed E-state index contributed by atoms with van der Waals surface area (Å²) in [5.41, 5.74) is 1.11. The van der Waals surface area contributed by atoms with E-state index in [0.29, 0.717) is 11.6 Å². The maximum atomic E-state index is 6.09. The van der Waals surface area contributed by atoms with Crippen LogP contribution >= 0.6 is 0 Å². The van der Waals surface area contributed by atoms with Crippen molar-refractivity contribution >= 4 is 0 Å². The number of furan rings is 1. The first-order valence-electron chi connectivity index (χ1n) is 9.18. The monoisotopic (exact) mass is 365 g/mol. The van der Waals surface area contributed by atoms with Gasteiger partial charge in [0.15, 0.2) is 11.6 Å². The minimum atomic E-state index is 0.257. The second kappa shape index (κ2) is 8.22. The van der Waals surface area contributed by atoms with Crippen LogP contribution < -0.4 is 9.47 Å². The Balaban J connectivity index is 1.26. The van der Waals surface area contributed by atoms with Crippen molar-refractivity contribution in [3.63, 3.8) is 0 Å². The summed E-state index contributed by atoms with van der Waals surface area (Å²) in [5, 5.41) is 0. The van der Waals surface area contributed by atoms with Crippen LogP contribution in [0.5, 0.6) is 11.5 Å². The van der Waals surface area contributed by atoms with E-state index in [2.05, 4.69) is 14.9 Å². The number of benzene rings is 1. The average molecular weight is 365 g/mol. The van der Waals surface area contributed by atoms with Crippen LogP contribution in [0.25, 0.3) is 11.6 Å². The molecule has 140 valence electrons. The maximum Gasteiger partial charge on any atom is 0.195 e. The summed E-state index contributed by atoms with van der Waals surface area (Å²) in [5.74, 6) is 3.06. The van der Waals surface area contributed by atoms with Crippen LogP contribution in [-0.2, 0) is 6.54 Å². The van der Waals surface area contributed by atoms with E-state index in [4.69, 9.17) is 13.9 Å². The van der Waals surface area contributed by atoms with Gasteiger partial charge in [-0.05, 0) is 49.2 Å². The summed E-state index contributed by atoms with van der Waals surface area (Å²) in [4.78, 5) is 11.2. The number of likely N-dealkylation sites (tertiary alicyclic amines) is 1. The van der Waals surface area contributed by atoms with Crippen molar-refractivity contribution in [1.82, 2.24) is 14.9 Å². The predicted octanol–water partition coefficient (Wildman–Crippen LogP) is 3.79. The topological polar surface area (TPSA) is 60.6 Å². The molecule has 0 saturated carbocycles. The largest absolute Gasteiger partial charge is 0.497 e. The second-order valence-corrected chi connectivity index (χ2v) is 6.66. The van der Waals surface area contributed by atoms with Crippen molar-refractivity contribution in [2.75, 3.05) is 20.2 Å². The first-order valence-corrected chi connectivity index (χ1v) is 9.18. The molecule has 1 fully saturated rings. The van der Waals surface area contributed by atoms with Crippen LogP contribution in [-0.4, -0.2) is 41.2 Å². The molecule has 1 aliphatic heterocycles. The molecule has 2 aromatic heterocycles. The molecule has 1 saturated heterocycles. The Bertz CT molecular complexity index is 824. The summed E-state index contributed by atoms with van der Waals surface area (Å²) >= 11 is 0. The van der Waals surface area contributed by atoms with Gasteiger partial charge < -0.3 is 13.9 Å². The molecule has 0 radical (unpaired) electrons. The van der Waals surface area contributed by atoms with Crippen LogP contribution in [0.3, 0.4) is 0 Å². The number of hydrogen-bond acceptors (Lipinski definition) is 6. The summed E-state index contributed by atoms with van der Waals surface area (Å²) in [6.45, 7) is 2.86. The van der Waals surface area contributed by atoms with Crippen LogP contribution in [0.4, 0.5) is 0 Å². The predicted molar refractivity (Wildman–Crippen MR) is 102 cm³/mol. The minimum Gasteiger partial charge on any atom is -0.497 e. The molecule has 0 amide bonds. The van der Waals surface area contributed by atoms with Crippen LogP contribution in [0.1, 0.15) is 18.4 Å². The number of ether oxygens (including phenoxy) is 2. The number of hydrogen-bond donors (Lipinski definition) is 0. The Kier molecular flexibility index (Phi) is 5.34. The number of aromatic nitrogens is 2. The lowest BCUT2D eigenvalue weighted by atomic mass is 10.1. The van der Waals surface area contributed by atoms with Crippen molar-refractivity contribution in [2.24, 2.45) is 0 Å². The molecule has 27 heavy (non-hydrogen) atoms. The van der Waals surface area contributed by atoms with Gasteiger partial charge in [0, 0.05) is 37.6 Å². The number of methoxy groups -OCH3 is 1. The second-order valence-electron chi connectivity index (χ2n) is 6.66. The fraction of sp³-hybridized carbons (Fsp3) is 0.333. The van der Waals surface area contributed by atoms with E-state index in [9.17, 15) is 0 Å². The van der Waals surface area contributed by atoms with Gasteiger partial charge in [-0.15, -0.1) is 0 Å². The SMILES string of the molecule is COc1ccc(OC2CCN(Cc3cnc(-c4ccco4)nc3)CC2)cc1. The average Bonchev–Trinajstić information content (AvgIpc) is 3.26. The molecule has 0 atom stereocenters. The van der Waals surface area contributed by atoms with Crippen molar-refractivity contribution in [3.8, 4) is 23.1 Å². The van der Waals surface area contributed by atoms with E-state index in [-0.39, 0.29) is 6.10 Å². The highest BCUT2D eigenvalue weighted by molar-refractivity contribution is 5.45. The van der Waals surface area contributed by atoms with Gasteiger partial charge in [0.2, 0.25) is 0 Å². The molecule has 4 rings (SSSR count). The highest BCUT2D eigenvalue weighted by Gasteiger charge is 2.21. The molecule has 0 bridgehead atoms. The normalized spacial score (nSPS) is 15.6. The van der Waals surface area contributed by atoms with Gasteiger partial charge in [0.25, 0.3) is 0 Å². The van der Waals surface area contributed by atoms with Crippen molar-refractivity contribution < 1.29 is 13.9 Å². The smallest absolute Gasteiger partial charge is 0.195 e. The zero-order valence-corrected chi connectivity index (χ0v) is 15.4. The first kappa shape index (κ1) is 17.5. The quantitative estimate of drug-likeness (QED) is 0.662. The van der Waals surface area contributed by atoms with E-state index >= 15 is 0 Å². The third-order valence-electron chi connectivity index (χ3n) is 4.75. The lowest BCUT2D eigenvalue weighted by Crippen LogP contribution is -2.37. The Hall–Kier alpha value is -2.86. The highest BCUT2D eigenvalue weighted by Crippen LogP contribution is 2.22. The van der Waals surface area contributed by atoms with E-state index < -0.39 is 0 Å². The molecular formula is C21H23N3O3. The summed E-state index contributed by atoms with van der Waals surface area (Å²) in [6.07, 6.45) is 7.67. The molecule has 1 aliphatic rings. The van der Waals surface area contributed by atoms with Crippen LogP contribution in [0, 0.1) is 0 Å². The summed E-state index contributed by atoms with van der Waals surface area (Å²) in [7, 11) is 1.67. The molecule has 0 N–H and O–H groups in total. The van der Waals surface area contributed by atoms with E-state index in [0.717, 1.165) is 49.5 Å². The van der Waals surface area contributed by atoms with E-state index in [1.165, 1.54) is 0 Å². The molecule has 6 heteroatoms. The highest BCUT2D eigenvalue weighted by atomic mass is 16.5. The van der Waals surface area contributed by atoms with E-state index in [1.807, 2.05) is 48.8 Å². The van der Waals surface area contributed by atoms with Gasteiger partial charge in [-0.3, -0.25) is 4.90 Å². The third kappa shape index (κ3) is 4.46. The van der Waals surface area contributed by atoms with Crippen molar-refractivity contribution in [3.05, 3.63) is 60.6 Å². The molecule has 3 heterocycles. The van der Waals surface area contributed by atoms with Crippen molar-refractivity contribution in [1.29, 1.82) is 0 Å². The molecule has 1 aromatic carbocycles. The Labute approximate surface area is 158 Å². The van der Waals surface area contributed by atoms with Gasteiger partial charge in [-0.1, -0.05) is 0 Å². The van der Waals surface area contributed by atoms with Gasteiger partial charge in [-0.2, -0.15) is 0 Å². The molecule has 0 unspecified atom stereocenters. The fourth-order valence-electron chi connectivity index (χ4n) is 3.26. The zero-order chi connectivity index (χ0) is 18.5. The lowest BCUT2D eigenvalue weighted by molar-refractivity contribution is 0.0966. The Morgan fingerprint density at radius 2 is 1.74 bits per heavy atom. The molecular weight excluding hydrogens is 342 g/mol. The minimum absolute atomic E-state index is 0.257. The summed E-state index contributed by atoms with van der Waals surface area (Å²) in [6, 6.07) is 11.5. The molecule has 0 aliphatic carbocycles. The third-order valence-corrected chi connectivity index (χ3v) is 4.75. The number of nitrogens with zero attached hydrogens (tertiary/aromatic N) is 3. The summed E-state index contributed by atoms with van der Waals surface area (Å²) < 4.78 is 16.6.